The van der Waals surface area contributed by atoms with Crippen molar-refractivity contribution in [1.82, 2.24) is 10.7 Å². The summed E-state index contributed by atoms with van der Waals surface area (Å²) in [7, 11) is 1.65. The van der Waals surface area contributed by atoms with E-state index in [1.54, 1.807) is 7.11 Å². The summed E-state index contributed by atoms with van der Waals surface area (Å²) in [6, 6.07) is 3.83. The molecule has 84 valence electrons. The number of hydrogen-bond donors (Lipinski definition) is 3. The van der Waals surface area contributed by atoms with Crippen molar-refractivity contribution >= 4 is 11.6 Å². The van der Waals surface area contributed by atoms with Gasteiger partial charge in [0, 0.05) is 17.1 Å². The van der Waals surface area contributed by atoms with Crippen molar-refractivity contribution in [1.29, 1.82) is 0 Å². The molecule has 0 saturated heterocycles. The van der Waals surface area contributed by atoms with Crippen LogP contribution in [-0.4, -0.2) is 13.8 Å². The van der Waals surface area contributed by atoms with Crippen LogP contribution in [0.2, 0.25) is 5.02 Å². The smallest absolute Gasteiger partial charge is 0.123 e. The summed E-state index contributed by atoms with van der Waals surface area (Å²) in [5.74, 6) is 5.98. The summed E-state index contributed by atoms with van der Waals surface area (Å²) in [4.78, 5) is 0. The van der Waals surface area contributed by atoms with Gasteiger partial charge in [-0.25, -0.2) is 5.43 Å². The summed E-state index contributed by atoms with van der Waals surface area (Å²) in [6.45, 7) is 3.14. The summed E-state index contributed by atoms with van der Waals surface area (Å²) >= 11 is 6.03. The van der Waals surface area contributed by atoms with Gasteiger partial charge in [0.1, 0.15) is 5.75 Å². The number of nitrogens with one attached hydrogen (secondary N) is 2. The maximum absolute atomic E-state index is 6.03. The van der Waals surface area contributed by atoms with Crippen LogP contribution in [0.25, 0.3) is 0 Å². The Morgan fingerprint density at radius 3 is 2.80 bits per heavy atom. The first-order valence-corrected chi connectivity index (χ1v) is 5.04. The number of hydrogen-bond acceptors (Lipinski definition) is 4. The Bertz CT molecular complexity index is 331. The molecule has 0 aromatic heterocycles. The summed E-state index contributed by atoms with van der Waals surface area (Å²) in [6.07, 6.45) is 0. The van der Waals surface area contributed by atoms with Crippen LogP contribution in [0.4, 0.5) is 0 Å². The van der Waals surface area contributed by atoms with Crippen molar-refractivity contribution < 1.29 is 4.74 Å². The van der Waals surface area contributed by atoms with E-state index in [-0.39, 0.29) is 0 Å². The molecule has 0 amide bonds. The number of rotatable bonds is 5. The molecular weight excluding hydrogens is 214 g/mol. The van der Waals surface area contributed by atoms with Gasteiger partial charge in [0.15, 0.2) is 0 Å². The lowest BCUT2D eigenvalue weighted by atomic mass is 10.1. The molecule has 1 rings (SSSR count). The van der Waals surface area contributed by atoms with E-state index >= 15 is 0 Å². The van der Waals surface area contributed by atoms with E-state index in [2.05, 4.69) is 10.7 Å². The Hall–Kier alpha value is -0.810. The first kappa shape index (κ1) is 12.3. The Morgan fingerprint density at radius 1 is 1.47 bits per heavy atom. The molecule has 0 spiro atoms. The highest BCUT2D eigenvalue weighted by Gasteiger charge is 2.06. The second kappa shape index (κ2) is 5.92. The minimum atomic E-state index is 0.536. The quantitative estimate of drug-likeness (QED) is 0.307. The lowest BCUT2D eigenvalue weighted by Gasteiger charge is -2.11. The molecule has 0 aliphatic rings. The Kier molecular flexibility index (Phi) is 4.84. The van der Waals surface area contributed by atoms with Gasteiger partial charge in [0.25, 0.3) is 0 Å². The van der Waals surface area contributed by atoms with Crippen molar-refractivity contribution in [2.24, 2.45) is 5.84 Å². The SMILES string of the molecule is COc1cc(C)c(Cl)cc1CNCNN. The van der Waals surface area contributed by atoms with Crippen LogP contribution in [0.15, 0.2) is 12.1 Å². The average molecular weight is 230 g/mol. The molecule has 0 saturated carbocycles. The molecule has 0 fully saturated rings. The highest BCUT2D eigenvalue weighted by atomic mass is 35.5. The molecule has 4 N–H and O–H groups in total. The first-order chi connectivity index (χ1) is 7.19. The van der Waals surface area contributed by atoms with Gasteiger partial charge in [0.2, 0.25) is 0 Å². The lowest BCUT2D eigenvalue weighted by molar-refractivity contribution is 0.407. The predicted molar refractivity (Wildman–Crippen MR) is 61.8 cm³/mol. The largest absolute Gasteiger partial charge is 0.496 e. The zero-order valence-electron chi connectivity index (χ0n) is 8.93. The van der Waals surface area contributed by atoms with E-state index in [1.807, 2.05) is 19.1 Å². The molecule has 5 heteroatoms. The van der Waals surface area contributed by atoms with E-state index in [0.717, 1.165) is 21.9 Å². The third-order valence-corrected chi connectivity index (χ3v) is 2.51. The number of methoxy groups -OCH3 is 1. The maximum Gasteiger partial charge on any atom is 0.123 e. The van der Waals surface area contributed by atoms with Gasteiger partial charge in [0.05, 0.1) is 13.8 Å². The highest BCUT2D eigenvalue weighted by Crippen LogP contribution is 2.26. The van der Waals surface area contributed by atoms with Crippen molar-refractivity contribution in [2.45, 2.75) is 13.5 Å². The van der Waals surface area contributed by atoms with Gasteiger partial charge in [-0.1, -0.05) is 11.6 Å². The van der Waals surface area contributed by atoms with Crippen molar-refractivity contribution in [3.63, 3.8) is 0 Å². The van der Waals surface area contributed by atoms with Gasteiger partial charge in [-0.3, -0.25) is 11.2 Å². The molecule has 1 aromatic rings. The van der Waals surface area contributed by atoms with Crippen LogP contribution in [-0.2, 0) is 6.54 Å². The first-order valence-electron chi connectivity index (χ1n) is 4.66. The number of ether oxygens (including phenoxy) is 1. The molecule has 0 radical (unpaired) electrons. The Labute approximate surface area is 94.7 Å². The fourth-order valence-electron chi connectivity index (χ4n) is 1.29. The van der Waals surface area contributed by atoms with Crippen LogP contribution < -0.4 is 21.3 Å². The normalized spacial score (nSPS) is 10.4. The third-order valence-electron chi connectivity index (χ3n) is 2.10. The van der Waals surface area contributed by atoms with Crippen molar-refractivity contribution in [2.75, 3.05) is 13.8 Å². The fraction of sp³-hybridized carbons (Fsp3) is 0.400. The molecule has 15 heavy (non-hydrogen) atoms. The molecule has 1 aromatic carbocycles. The molecular formula is C10H16ClN3O. The predicted octanol–water partition coefficient (Wildman–Crippen LogP) is 1.17. The highest BCUT2D eigenvalue weighted by molar-refractivity contribution is 6.31. The van der Waals surface area contributed by atoms with Crippen LogP contribution in [0.3, 0.4) is 0 Å². The monoisotopic (exact) mass is 229 g/mol. The number of halogens is 1. The summed E-state index contributed by atoms with van der Waals surface area (Å²) < 4.78 is 5.26. The minimum Gasteiger partial charge on any atom is -0.496 e. The van der Waals surface area contributed by atoms with Gasteiger partial charge < -0.3 is 4.74 Å². The van der Waals surface area contributed by atoms with Crippen molar-refractivity contribution in [3.8, 4) is 5.75 Å². The van der Waals surface area contributed by atoms with E-state index in [9.17, 15) is 0 Å². The Morgan fingerprint density at radius 2 is 2.20 bits per heavy atom. The minimum absolute atomic E-state index is 0.536. The molecule has 0 aliphatic heterocycles. The number of benzene rings is 1. The van der Waals surface area contributed by atoms with Gasteiger partial charge in [-0.05, 0) is 24.6 Å². The standard InChI is InChI=1S/C10H16ClN3O/c1-7-3-10(15-2)8(4-9(7)11)5-13-6-14-12/h3-4,13-14H,5-6,12H2,1-2H3. The summed E-state index contributed by atoms with van der Waals surface area (Å²) in [5.41, 5.74) is 4.54. The molecule has 0 aliphatic carbocycles. The Balaban J connectivity index is 2.80. The van der Waals surface area contributed by atoms with E-state index in [1.165, 1.54) is 0 Å². The maximum atomic E-state index is 6.03. The average Bonchev–Trinajstić information content (AvgIpc) is 2.23. The van der Waals surface area contributed by atoms with Crippen LogP contribution in [0.1, 0.15) is 11.1 Å². The number of nitrogens with two attached hydrogens (primary N) is 1. The zero-order valence-corrected chi connectivity index (χ0v) is 9.69. The zero-order chi connectivity index (χ0) is 11.3. The van der Waals surface area contributed by atoms with Crippen LogP contribution in [0.5, 0.6) is 5.75 Å². The number of hydrazine groups is 1. The van der Waals surface area contributed by atoms with Gasteiger partial charge in [-0.2, -0.15) is 0 Å². The van der Waals surface area contributed by atoms with Crippen molar-refractivity contribution in [3.05, 3.63) is 28.3 Å². The molecule has 0 heterocycles. The fourth-order valence-corrected chi connectivity index (χ4v) is 1.48. The molecule has 0 bridgehead atoms. The van der Waals surface area contributed by atoms with E-state index in [4.69, 9.17) is 22.2 Å². The third kappa shape index (κ3) is 3.35. The summed E-state index contributed by atoms with van der Waals surface area (Å²) in [5, 5.41) is 3.84. The lowest BCUT2D eigenvalue weighted by Crippen LogP contribution is -2.33. The topological polar surface area (TPSA) is 59.3 Å². The molecule has 4 nitrogen and oxygen atoms in total. The van der Waals surface area contributed by atoms with Gasteiger partial charge >= 0.3 is 0 Å². The van der Waals surface area contributed by atoms with Crippen LogP contribution in [0, 0.1) is 6.92 Å². The number of aryl methyl sites for hydroxylation is 1. The van der Waals surface area contributed by atoms with E-state index in [0.29, 0.717) is 13.2 Å². The van der Waals surface area contributed by atoms with Crippen LogP contribution >= 0.6 is 11.6 Å². The van der Waals surface area contributed by atoms with Gasteiger partial charge in [-0.15, -0.1) is 0 Å². The second-order valence-corrected chi connectivity index (χ2v) is 3.63. The second-order valence-electron chi connectivity index (χ2n) is 3.22. The molecule has 0 atom stereocenters. The molecule has 0 unspecified atom stereocenters. The van der Waals surface area contributed by atoms with E-state index < -0.39 is 0 Å².